The minimum Gasteiger partial charge on any atom is -0.326 e. The number of anilines is 1. The molecule has 0 unspecified atom stereocenters. The number of carbonyl (C=O) groups excluding carboxylic acids is 1. The van der Waals surface area contributed by atoms with Crippen LogP contribution in [0.25, 0.3) is 0 Å². The molecule has 0 radical (unpaired) electrons. The third-order valence-electron chi connectivity index (χ3n) is 2.87. The summed E-state index contributed by atoms with van der Waals surface area (Å²) in [4.78, 5) is 12.0. The molecule has 0 aliphatic rings. The van der Waals surface area contributed by atoms with E-state index in [0.717, 1.165) is 16.8 Å². The zero-order valence-electron chi connectivity index (χ0n) is 10.6. The first-order valence-corrected chi connectivity index (χ1v) is 6.12. The Kier molecular flexibility index (Phi) is 4.28. The lowest BCUT2D eigenvalue weighted by Crippen LogP contribution is -2.12. The molecule has 0 saturated carbocycles. The highest BCUT2D eigenvalue weighted by Crippen LogP contribution is 2.12. The van der Waals surface area contributed by atoms with Crippen LogP contribution in [0.5, 0.6) is 0 Å². The van der Waals surface area contributed by atoms with Gasteiger partial charge in [-0.3, -0.25) is 4.79 Å². The Morgan fingerprint density at radius 1 is 0.947 bits per heavy atom. The van der Waals surface area contributed by atoms with E-state index in [1.165, 1.54) is 0 Å². The summed E-state index contributed by atoms with van der Waals surface area (Å²) in [7, 11) is 0. The van der Waals surface area contributed by atoms with Crippen molar-refractivity contribution in [3.63, 3.8) is 0 Å². The van der Waals surface area contributed by atoms with Crippen LogP contribution in [0.15, 0.2) is 48.5 Å². The molecule has 0 spiro atoms. The van der Waals surface area contributed by atoms with Gasteiger partial charge in [0.05, 0.1) is 0 Å². The third kappa shape index (κ3) is 3.40. The van der Waals surface area contributed by atoms with Gasteiger partial charge in [-0.25, -0.2) is 0 Å². The second kappa shape index (κ2) is 6.13. The molecule has 0 heterocycles. The van der Waals surface area contributed by atoms with Crippen molar-refractivity contribution in [3.8, 4) is 0 Å². The first kappa shape index (κ1) is 13.3. The number of amides is 1. The maximum absolute atomic E-state index is 12.0. The third-order valence-corrected chi connectivity index (χ3v) is 2.87. The molecular weight excluding hydrogens is 238 g/mol. The van der Waals surface area contributed by atoms with E-state index in [-0.39, 0.29) is 5.91 Å². The van der Waals surface area contributed by atoms with Gasteiger partial charge in [0.15, 0.2) is 0 Å². The number of benzene rings is 2. The highest BCUT2D eigenvalue weighted by Gasteiger charge is 2.06. The van der Waals surface area contributed by atoms with Gasteiger partial charge >= 0.3 is 0 Å². The zero-order chi connectivity index (χ0) is 13.7. The first-order chi connectivity index (χ1) is 9.22. The number of nitrogens with one attached hydrogen (secondary N) is 1. The van der Waals surface area contributed by atoms with Gasteiger partial charge in [0, 0.05) is 24.3 Å². The summed E-state index contributed by atoms with van der Waals surface area (Å²) in [5.74, 6) is -0.141. The minimum atomic E-state index is -0.141. The summed E-state index contributed by atoms with van der Waals surface area (Å²) >= 11 is 0. The van der Waals surface area contributed by atoms with Crippen molar-refractivity contribution in [2.75, 3.05) is 5.32 Å². The van der Waals surface area contributed by atoms with Crippen LogP contribution in [0, 0.1) is 0 Å². The smallest absolute Gasteiger partial charge is 0.255 e. The normalized spacial score (nSPS) is 10.2. The molecule has 0 saturated heterocycles. The maximum atomic E-state index is 12.0. The minimum absolute atomic E-state index is 0.141. The van der Waals surface area contributed by atoms with E-state index in [9.17, 15) is 4.79 Å². The van der Waals surface area contributed by atoms with Gasteiger partial charge < -0.3 is 16.8 Å². The van der Waals surface area contributed by atoms with Crippen molar-refractivity contribution < 1.29 is 4.79 Å². The summed E-state index contributed by atoms with van der Waals surface area (Å²) in [6.45, 7) is 0.926. The molecule has 0 aliphatic heterocycles. The number of nitrogens with two attached hydrogens (primary N) is 2. The lowest BCUT2D eigenvalue weighted by atomic mass is 10.1. The van der Waals surface area contributed by atoms with Crippen LogP contribution in [-0.2, 0) is 13.1 Å². The molecule has 1 amide bonds. The van der Waals surface area contributed by atoms with E-state index < -0.39 is 0 Å². The van der Waals surface area contributed by atoms with Crippen LogP contribution in [0.3, 0.4) is 0 Å². The molecule has 2 rings (SSSR count). The summed E-state index contributed by atoms with van der Waals surface area (Å²) in [5.41, 5.74) is 14.4. The summed E-state index contributed by atoms with van der Waals surface area (Å²) in [6.07, 6.45) is 0. The predicted octanol–water partition coefficient (Wildman–Crippen LogP) is 1.86. The van der Waals surface area contributed by atoms with Crippen molar-refractivity contribution in [3.05, 3.63) is 65.2 Å². The fourth-order valence-corrected chi connectivity index (χ4v) is 1.77. The van der Waals surface area contributed by atoms with Gasteiger partial charge in [-0.15, -0.1) is 0 Å². The second-order valence-corrected chi connectivity index (χ2v) is 4.26. The van der Waals surface area contributed by atoms with E-state index >= 15 is 0 Å². The number of rotatable bonds is 4. The van der Waals surface area contributed by atoms with Gasteiger partial charge in [-0.1, -0.05) is 24.3 Å². The van der Waals surface area contributed by atoms with Crippen molar-refractivity contribution in [2.24, 2.45) is 11.5 Å². The van der Waals surface area contributed by atoms with Crippen molar-refractivity contribution in [1.29, 1.82) is 0 Å². The molecule has 0 bridgehead atoms. The first-order valence-electron chi connectivity index (χ1n) is 6.12. The molecule has 0 fully saturated rings. The zero-order valence-corrected chi connectivity index (χ0v) is 10.6. The molecule has 0 aliphatic carbocycles. The monoisotopic (exact) mass is 255 g/mol. The molecule has 4 heteroatoms. The van der Waals surface area contributed by atoms with Gasteiger partial charge in [-0.2, -0.15) is 0 Å². The summed E-state index contributed by atoms with van der Waals surface area (Å²) in [5, 5.41) is 2.84. The molecular formula is C15H17N3O. The number of hydrogen-bond acceptors (Lipinski definition) is 3. The standard InChI is InChI=1S/C15H17N3O/c16-9-11-4-6-13(7-5-11)15(19)18-14-3-1-2-12(8-14)10-17/h1-8H,9-10,16-17H2,(H,18,19). The van der Waals surface area contributed by atoms with E-state index in [1.54, 1.807) is 12.1 Å². The van der Waals surface area contributed by atoms with Crippen molar-refractivity contribution in [2.45, 2.75) is 13.1 Å². The SMILES string of the molecule is NCc1ccc(C(=O)Nc2cccc(CN)c2)cc1. The van der Waals surface area contributed by atoms with Gasteiger partial charge in [0.1, 0.15) is 0 Å². The molecule has 4 nitrogen and oxygen atoms in total. The molecule has 5 N–H and O–H groups in total. The Labute approximate surface area is 112 Å². The van der Waals surface area contributed by atoms with Crippen LogP contribution in [-0.4, -0.2) is 5.91 Å². The fraction of sp³-hybridized carbons (Fsp3) is 0.133. The lowest BCUT2D eigenvalue weighted by molar-refractivity contribution is 0.102. The largest absolute Gasteiger partial charge is 0.326 e. The molecule has 2 aromatic carbocycles. The Morgan fingerprint density at radius 3 is 2.26 bits per heavy atom. The van der Waals surface area contributed by atoms with Crippen molar-refractivity contribution >= 4 is 11.6 Å². The van der Waals surface area contributed by atoms with Gasteiger partial charge in [0.25, 0.3) is 5.91 Å². The Balaban J connectivity index is 2.11. The summed E-state index contributed by atoms with van der Waals surface area (Å²) < 4.78 is 0. The van der Waals surface area contributed by atoms with Crippen LogP contribution in [0.1, 0.15) is 21.5 Å². The molecule has 19 heavy (non-hydrogen) atoms. The van der Waals surface area contributed by atoms with Gasteiger partial charge in [0.2, 0.25) is 0 Å². The molecule has 0 aromatic heterocycles. The topological polar surface area (TPSA) is 81.1 Å². The maximum Gasteiger partial charge on any atom is 0.255 e. The number of hydrogen-bond donors (Lipinski definition) is 3. The lowest BCUT2D eigenvalue weighted by Gasteiger charge is -2.07. The molecule has 98 valence electrons. The molecule has 0 atom stereocenters. The average Bonchev–Trinajstić information content (AvgIpc) is 2.47. The Bertz CT molecular complexity index is 564. The van der Waals surface area contributed by atoms with Gasteiger partial charge in [-0.05, 0) is 35.4 Å². The van der Waals surface area contributed by atoms with E-state index in [1.807, 2.05) is 36.4 Å². The highest BCUT2D eigenvalue weighted by molar-refractivity contribution is 6.04. The highest BCUT2D eigenvalue weighted by atomic mass is 16.1. The predicted molar refractivity (Wildman–Crippen MR) is 76.6 cm³/mol. The number of carbonyl (C=O) groups is 1. The van der Waals surface area contributed by atoms with E-state index in [2.05, 4.69) is 5.32 Å². The van der Waals surface area contributed by atoms with Crippen LogP contribution in [0.2, 0.25) is 0 Å². The second-order valence-electron chi connectivity index (χ2n) is 4.26. The van der Waals surface area contributed by atoms with Crippen LogP contribution < -0.4 is 16.8 Å². The summed E-state index contributed by atoms with van der Waals surface area (Å²) in [6, 6.07) is 14.7. The van der Waals surface area contributed by atoms with E-state index in [0.29, 0.717) is 18.7 Å². The average molecular weight is 255 g/mol. The quantitative estimate of drug-likeness (QED) is 0.780. The van der Waals surface area contributed by atoms with E-state index in [4.69, 9.17) is 11.5 Å². The van der Waals surface area contributed by atoms with Crippen LogP contribution in [0.4, 0.5) is 5.69 Å². The molecule has 2 aromatic rings. The fourth-order valence-electron chi connectivity index (χ4n) is 1.77. The van der Waals surface area contributed by atoms with Crippen LogP contribution >= 0.6 is 0 Å². The van der Waals surface area contributed by atoms with Crippen molar-refractivity contribution in [1.82, 2.24) is 0 Å². The Morgan fingerprint density at radius 2 is 1.63 bits per heavy atom. The Hall–Kier alpha value is -2.17.